The fourth-order valence-electron chi connectivity index (χ4n) is 3.92. The van der Waals surface area contributed by atoms with Gasteiger partial charge < -0.3 is 4.74 Å². The molecule has 2 fully saturated rings. The van der Waals surface area contributed by atoms with Crippen molar-refractivity contribution < 1.29 is 4.74 Å². The number of nitrogens with one attached hydrogen (secondary N) is 1. The highest BCUT2D eigenvalue weighted by atomic mass is 35.5. The second-order valence-electron chi connectivity index (χ2n) is 6.19. The SMILES string of the molecule is NNC(c1cccc(Cl)c1)C1CCOC2(CCCC2)C1. The van der Waals surface area contributed by atoms with Crippen molar-refractivity contribution in [1.82, 2.24) is 5.43 Å². The molecule has 1 spiro atoms. The van der Waals surface area contributed by atoms with Crippen molar-refractivity contribution in [3.05, 3.63) is 34.9 Å². The van der Waals surface area contributed by atoms with E-state index >= 15 is 0 Å². The molecule has 0 radical (unpaired) electrons. The number of nitrogens with two attached hydrogens (primary N) is 1. The lowest BCUT2D eigenvalue weighted by atomic mass is 9.79. The molecule has 0 aromatic heterocycles. The van der Waals surface area contributed by atoms with Crippen molar-refractivity contribution in [1.29, 1.82) is 0 Å². The standard InChI is InChI=1S/C16H23ClN2O/c17-14-5-3-4-12(10-14)15(19-18)13-6-9-20-16(11-13)7-1-2-8-16/h3-5,10,13,15,19H,1-2,6-9,11,18H2. The van der Waals surface area contributed by atoms with E-state index in [1.54, 1.807) is 0 Å². The highest BCUT2D eigenvalue weighted by Crippen LogP contribution is 2.45. The third-order valence-corrected chi connectivity index (χ3v) is 5.14. The first kappa shape index (κ1) is 14.3. The third-order valence-electron chi connectivity index (χ3n) is 4.90. The summed E-state index contributed by atoms with van der Waals surface area (Å²) in [6, 6.07) is 8.18. The lowest BCUT2D eigenvalue weighted by Crippen LogP contribution is -2.43. The van der Waals surface area contributed by atoms with Crippen molar-refractivity contribution in [2.75, 3.05) is 6.61 Å². The zero-order valence-corrected chi connectivity index (χ0v) is 12.5. The summed E-state index contributed by atoms with van der Waals surface area (Å²) in [5.74, 6) is 6.36. The van der Waals surface area contributed by atoms with Crippen LogP contribution in [0.25, 0.3) is 0 Å². The number of hydrogen-bond donors (Lipinski definition) is 2. The fraction of sp³-hybridized carbons (Fsp3) is 0.625. The summed E-state index contributed by atoms with van der Waals surface area (Å²) in [5.41, 5.74) is 4.31. The molecule has 1 heterocycles. The Kier molecular flexibility index (Phi) is 4.32. The summed E-state index contributed by atoms with van der Waals surface area (Å²) in [7, 11) is 0. The Labute approximate surface area is 125 Å². The van der Waals surface area contributed by atoms with Gasteiger partial charge in [-0.15, -0.1) is 0 Å². The highest BCUT2D eigenvalue weighted by Gasteiger charge is 2.42. The molecule has 2 unspecified atom stereocenters. The van der Waals surface area contributed by atoms with E-state index in [1.165, 1.54) is 31.2 Å². The molecule has 3 rings (SSSR count). The number of hydrazine groups is 1. The van der Waals surface area contributed by atoms with Crippen molar-refractivity contribution in [2.45, 2.75) is 50.2 Å². The Morgan fingerprint density at radius 3 is 2.85 bits per heavy atom. The summed E-state index contributed by atoms with van der Waals surface area (Å²) in [5, 5.41) is 0.769. The lowest BCUT2D eigenvalue weighted by molar-refractivity contribution is -0.0982. The van der Waals surface area contributed by atoms with Gasteiger partial charge >= 0.3 is 0 Å². The van der Waals surface area contributed by atoms with Gasteiger partial charge in [0.05, 0.1) is 5.60 Å². The van der Waals surface area contributed by atoms with Crippen LogP contribution in [0.2, 0.25) is 5.02 Å². The normalized spacial score (nSPS) is 26.8. The van der Waals surface area contributed by atoms with E-state index < -0.39 is 0 Å². The van der Waals surface area contributed by atoms with Gasteiger partial charge in [-0.2, -0.15) is 0 Å². The molecule has 2 aliphatic rings. The van der Waals surface area contributed by atoms with E-state index in [9.17, 15) is 0 Å². The monoisotopic (exact) mass is 294 g/mol. The minimum atomic E-state index is 0.122. The lowest BCUT2D eigenvalue weighted by Gasteiger charge is -2.41. The molecule has 110 valence electrons. The maximum Gasteiger partial charge on any atom is 0.0686 e. The van der Waals surface area contributed by atoms with Crippen molar-refractivity contribution in [2.24, 2.45) is 11.8 Å². The molecular weight excluding hydrogens is 272 g/mol. The number of halogens is 1. The smallest absolute Gasteiger partial charge is 0.0686 e. The van der Waals surface area contributed by atoms with Gasteiger partial charge in [-0.05, 0) is 49.3 Å². The molecule has 3 N–H and O–H groups in total. The molecular formula is C16H23ClN2O. The van der Waals surface area contributed by atoms with E-state index in [0.29, 0.717) is 5.92 Å². The first-order valence-corrected chi connectivity index (χ1v) is 7.96. The van der Waals surface area contributed by atoms with Gasteiger partial charge in [0.1, 0.15) is 0 Å². The molecule has 1 saturated heterocycles. The molecule has 20 heavy (non-hydrogen) atoms. The summed E-state index contributed by atoms with van der Waals surface area (Å²) in [6.07, 6.45) is 7.17. The van der Waals surface area contributed by atoms with Crippen LogP contribution in [0.5, 0.6) is 0 Å². The zero-order chi connectivity index (χ0) is 14.0. The second kappa shape index (κ2) is 6.02. The Bertz CT molecular complexity index is 460. The van der Waals surface area contributed by atoms with E-state index in [2.05, 4.69) is 11.5 Å². The predicted octanol–water partition coefficient (Wildman–Crippen LogP) is 3.58. The first-order chi connectivity index (χ1) is 9.72. The van der Waals surface area contributed by atoms with E-state index in [1.807, 2.05) is 18.2 Å². The Balaban J connectivity index is 1.78. The van der Waals surface area contributed by atoms with Gasteiger partial charge in [0.25, 0.3) is 0 Å². The fourth-order valence-corrected chi connectivity index (χ4v) is 4.12. The molecule has 1 aliphatic heterocycles. The van der Waals surface area contributed by atoms with Crippen LogP contribution >= 0.6 is 11.6 Å². The van der Waals surface area contributed by atoms with Crippen LogP contribution in [0.15, 0.2) is 24.3 Å². The highest BCUT2D eigenvalue weighted by molar-refractivity contribution is 6.30. The molecule has 4 heteroatoms. The van der Waals surface area contributed by atoms with Crippen LogP contribution in [0, 0.1) is 5.92 Å². The molecule has 1 aromatic carbocycles. The van der Waals surface area contributed by atoms with Crippen LogP contribution in [-0.2, 0) is 4.74 Å². The van der Waals surface area contributed by atoms with E-state index in [0.717, 1.165) is 24.5 Å². The Morgan fingerprint density at radius 2 is 2.15 bits per heavy atom. The van der Waals surface area contributed by atoms with Gasteiger partial charge in [0.2, 0.25) is 0 Å². The second-order valence-corrected chi connectivity index (χ2v) is 6.63. The van der Waals surface area contributed by atoms with Gasteiger partial charge in [0, 0.05) is 17.7 Å². The predicted molar refractivity (Wildman–Crippen MR) is 81.4 cm³/mol. The van der Waals surface area contributed by atoms with Gasteiger partial charge in [0.15, 0.2) is 0 Å². The molecule has 1 saturated carbocycles. The van der Waals surface area contributed by atoms with E-state index in [4.69, 9.17) is 22.2 Å². The maximum absolute atomic E-state index is 6.12. The van der Waals surface area contributed by atoms with Crippen LogP contribution in [0.3, 0.4) is 0 Å². The van der Waals surface area contributed by atoms with E-state index in [-0.39, 0.29) is 11.6 Å². The number of benzene rings is 1. The van der Waals surface area contributed by atoms with Crippen molar-refractivity contribution in [3.8, 4) is 0 Å². The zero-order valence-electron chi connectivity index (χ0n) is 11.8. The summed E-state index contributed by atoms with van der Waals surface area (Å²) in [6.45, 7) is 0.851. The molecule has 0 bridgehead atoms. The van der Waals surface area contributed by atoms with Crippen molar-refractivity contribution in [3.63, 3.8) is 0 Å². The largest absolute Gasteiger partial charge is 0.375 e. The average molecular weight is 295 g/mol. The molecule has 2 atom stereocenters. The van der Waals surface area contributed by atoms with Gasteiger partial charge in [-0.3, -0.25) is 11.3 Å². The number of hydrogen-bond acceptors (Lipinski definition) is 3. The summed E-state index contributed by atoms with van der Waals surface area (Å²) in [4.78, 5) is 0. The number of ether oxygens (including phenoxy) is 1. The molecule has 0 amide bonds. The summed E-state index contributed by atoms with van der Waals surface area (Å²) >= 11 is 6.11. The molecule has 3 nitrogen and oxygen atoms in total. The topological polar surface area (TPSA) is 47.3 Å². The Hall–Kier alpha value is -0.610. The Morgan fingerprint density at radius 1 is 1.35 bits per heavy atom. The minimum absolute atomic E-state index is 0.122. The average Bonchev–Trinajstić information content (AvgIpc) is 2.88. The quantitative estimate of drug-likeness (QED) is 0.661. The maximum atomic E-state index is 6.12. The van der Waals surface area contributed by atoms with Crippen molar-refractivity contribution >= 4 is 11.6 Å². The van der Waals surface area contributed by atoms with Gasteiger partial charge in [-0.1, -0.05) is 36.6 Å². The van der Waals surface area contributed by atoms with Gasteiger partial charge in [-0.25, -0.2) is 0 Å². The van der Waals surface area contributed by atoms with Crippen LogP contribution in [0.4, 0.5) is 0 Å². The van der Waals surface area contributed by atoms with Crippen LogP contribution in [-0.4, -0.2) is 12.2 Å². The van der Waals surface area contributed by atoms with Crippen LogP contribution < -0.4 is 11.3 Å². The first-order valence-electron chi connectivity index (χ1n) is 7.58. The summed E-state index contributed by atoms with van der Waals surface area (Å²) < 4.78 is 6.12. The molecule has 1 aromatic rings. The molecule has 1 aliphatic carbocycles. The minimum Gasteiger partial charge on any atom is -0.375 e. The van der Waals surface area contributed by atoms with Crippen LogP contribution in [0.1, 0.15) is 50.1 Å². The number of rotatable bonds is 3. The third kappa shape index (κ3) is 2.86.